The van der Waals surface area contributed by atoms with Crippen LogP contribution >= 0.6 is 0 Å². The Hall–Kier alpha value is -0.120. The van der Waals surface area contributed by atoms with Gasteiger partial charge in [0.25, 0.3) is 0 Å². The molecule has 2 aliphatic heterocycles. The zero-order chi connectivity index (χ0) is 12.3. The highest BCUT2D eigenvalue weighted by Crippen LogP contribution is 2.22. The monoisotopic (exact) mass is 240 g/mol. The Morgan fingerprint density at radius 1 is 1.41 bits per heavy atom. The van der Waals surface area contributed by atoms with Crippen LogP contribution in [0.1, 0.15) is 40.0 Å². The topological polar surface area (TPSA) is 24.5 Å². The maximum atomic E-state index is 5.76. The number of hydrogen-bond donors (Lipinski definition) is 1. The van der Waals surface area contributed by atoms with E-state index in [0.29, 0.717) is 6.04 Å². The van der Waals surface area contributed by atoms with E-state index in [1.54, 1.807) is 0 Å². The molecule has 2 atom stereocenters. The second-order valence-electron chi connectivity index (χ2n) is 6.29. The third kappa shape index (κ3) is 3.94. The molecule has 0 aromatic rings. The van der Waals surface area contributed by atoms with Crippen molar-refractivity contribution in [1.82, 2.24) is 10.2 Å². The molecule has 0 aromatic heterocycles. The summed E-state index contributed by atoms with van der Waals surface area (Å²) < 4.78 is 5.76. The fraction of sp³-hybridized carbons (Fsp3) is 1.00. The summed E-state index contributed by atoms with van der Waals surface area (Å²) in [4.78, 5) is 2.57. The Morgan fingerprint density at radius 2 is 2.24 bits per heavy atom. The first kappa shape index (κ1) is 13.3. The van der Waals surface area contributed by atoms with Crippen molar-refractivity contribution in [3.8, 4) is 0 Å². The number of hydrogen-bond acceptors (Lipinski definition) is 3. The van der Waals surface area contributed by atoms with Crippen LogP contribution in [0.15, 0.2) is 0 Å². The summed E-state index contributed by atoms with van der Waals surface area (Å²) in [6.07, 6.45) is 4.06. The van der Waals surface area contributed by atoms with Gasteiger partial charge in [-0.3, -0.25) is 4.90 Å². The van der Waals surface area contributed by atoms with E-state index in [4.69, 9.17) is 4.74 Å². The molecular formula is C14H28N2O. The van der Waals surface area contributed by atoms with Gasteiger partial charge in [0.1, 0.15) is 0 Å². The summed E-state index contributed by atoms with van der Waals surface area (Å²) in [5, 5.41) is 3.68. The molecular weight excluding hydrogens is 212 g/mol. The molecule has 0 aliphatic carbocycles. The van der Waals surface area contributed by atoms with Crippen molar-refractivity contribution < 1.29 is 4.74 Å². The normalized spacial score (nSPS) is 34.8. The van der Waals surface area contributed by atoms with Crippen LogP contribution in [-0.2, 0) is 4.74 Å². The molecule has 3 heteroatoms. The van der Waals surface area contributed by atoms with Crippen molar-refractivity contribution >= 4 is 0 Å². The third-order valence-electron chi connectivity index (χ3n) is 4.16. The van der Waals surface area contributed by atoms with Gasteiger partial charge in [-0.25, -0.2) is 0 Å². The Labute approximate surface area is 106 Å². The minimum absolute atomic E-state index is 0.0388. The van der Waals surface area contributed by atoms with Crippen molar-refractivity contribution in [3.63, 3.8) is 0 Å². The Balaban J connectivity index is 1.80. The molecule has 1 N–H and O–H groups in total. The second kappa shape index (κ2) is 5.68. The summed E-state index contributed by atoms with van der Waals surface area (Å²) >= 11 is 0. The van der Waals surface area contributed by atoms with E-state index < -0.39 is 0 Å². The lowest BCUT2D eigenvalue weighted by molar-refractivity contribution is -0.0883. The van der Waals surface area contributed by atoms with Gasteiger partial charge in [-0.05, 0) is 39.2 Å². The SMILES string of the molecule is CCC1CCNC(CN2CCOC(C)(C)C2)C1. The van der Waals surface area contributed by atoms with Gasteiger partial charge in [-0.1, -0.05) is 13.3 Å². The lowest BCUT2D eigenvalue weighted by Gasteiger charge is -2.41. The minimum Gasteiger partial charge on any atom is -0.373 e. The predicted molar refractivity (Wildman–Crippen MR) is 71.3 cm³/mol. The molecule has 0 bridgehead atoms. The number of rotatable bonds is 3. The maximum absolute atomic E-state index is 5.76. The van der Waals surface area contributed by atoms with Gasteiger partial charge in [0.05, 0.1) is 12.2 Å². The van der Waals surface area contributed by atoms with Crippen molar-refractivity contribution in [2.24, 2.45) is 5.92 Å². The lowest BCUT2D eigenvalue weighted by atomic mass is 9.90. The van der Waals surface area contributed by atoms with E-state index in [9.17, 15) is 0 Å². The zero-order valence-corrected chi connectivity index (χ0v) is 11.7. The Bertz CT molecular complexity index is 242. The highest BCUT2D eigenvalue weighted by molar-refractivity contribution is 4.85. The third-order valence-corrected chi connectivity index (χ3v) is 4.16. The fourth-order valence-electron chi connectivity index (χ4n) is 3.19. The summed E-state index contributed by atoms with van der Waals surface area (Å²) in [5.74, 6) is 0.940. The van der Waals surface area contributed by atoms with Gasteiger partial charge in [0, 0.05) is 25.7 Å². The molecule has 0 spiro atoms. The quantitative estimate of drug-likeness (QED) is 0.815. The first-order chi connectivity index (χ1) is 8.09. The van der Waals surface area contributed by atoms with Crippen LogP contribution in [0.5, 0.6) is 0 Å². The highest BCUT2D eigenvalue weighted by Gasteiger charge is 2.29. The van der Waals surface area contributed by atoms with Crippen molar-refractivity contribution in [3.05, 3.63) is 0 Å². The molecule has 0 aromatic carbocycles. The van der Waals surface area contributed by atoms with Crippen LogP contribution in [0.2, 0.25) is 0 Å². The minimum atomic E-state index is 0.0388. The van der Waals surface area contributed by atoms with Gasteiger partial charge in [-0.2, -0.15) is 0 Å². The standard InChI is InChI=1S/C14H28N2O/c1-4-12-5-6-15-13(9-12)10-16-7-8-17-14(2,3)11-16/h12-13,15H,4-11H2,1-3H3. The van der Waals surface area contributed by atoms with Crippen LogP contribution in [0.25, 0.3) is 0 Å². The molecule has 2 saturated heterocycles. The van der Waals surface area contributed by atoms with Crippen LogP contribution in [0, 0.1) is 5.92 Å². The first-order valence-electron chi connectivity index (χ1n) is 7.19. The summed E-state index contributed by atoms with van der Waals surface area (Å²) in [5.41, 5.74) is 0.0388. The van der Waals surface area contributed by atoms with E-state index in [1.165, 1.54) is 32.4 Å². The average molecular weight is 240 g/mol. The number of piperidine rings is 1. The average Bonchev–Trinajstić information content (AvgIpc) is 2.28. The summed E-state index contributed by atoms with van der Waals surface area (Å²) in [6.45, 7) is 12.2. The molecule has 3 nitrogen and oxygen atoms in total. The lowest BCUT2D eigenvalue weighted by Crippen LogP contribution is -2.53. The van der Waals surface area contributed by atoms with Crippen LogP contribution < -0.4 is 5.32 Å². The van der Waals surface area contributed by atoms with Crippen molar-refractivity contribution in [2.45, 2.75) is 51.7 Å². The van der Waals surface area contributed by atoms with Crippen LogP contribution in [0.4, 0.5) is 0 Å². The Morgan fingerprint density at radius 3 is 2.94 bits per heavy atom. The smallest absolute Gasteiger partial charge is 0.0753 e. The van der Waals surface area contributed by atoms with E-state index in [0.717, 1.165) is 25.6 Å². The van der Waals surface area contributed by atoms with Crippen LogP contribution in [0.3, 0.4) is 0 Å². The molecule has 2 fully saturated rings. The number of ether oxygens (including phenoxy) is 1. The van der Waals surface area contributed by atoms with E-state index in [1.807, 2.05) is 0 Å². The van der Waals surface area contributed by atoms with E-state index >= 15 is 0 Å². The van der Waals surface area contributed by atoms with Crippen molar-refractivity contribution in [1.29, 1.82) is 0 Å². The van der Waals surface area contributed by atoms with E-state index in [-0.39, 0.29) is 5.60 Å². The number of nitrogens with one attached hydrogen (secondary N) is 1. The van der Waals surface area contributed by atoms with Crippen molar-refractivity contribution in [2.75, 3.05) is 32.8 Å². The predicted octanol–water partition coefficient (Wildman–Crippen LogP) is 1.88. The van der Waals surface area contributed by atoms with Gasteiger partial charge in [0.15, 0.2) is 0 Å². The second-order valence-corrected chi connectivity index (χ2v) is 6.29. The maximum Gasteiger partial charge on any atom is 0.0753 e. The number of morpholine rings is 1. The van der Waals surface area contributed by atoms with Gasteiger partial charge < -0.3 is 10.1 Å². The molecule has 2 heterocycles. The summed E-state index contributed by atoms with van der Waals surface area (Å²) in [6, 6.07) is 0.697. The summed E-state index contributed by atoms with van der Waals surface area (Å²) in [7, 11) is 0. The molecule has 0 radical (unpaired) electrons. The molecule has 2 unspecified atom stereocenters. The molecule has 0 saturated carbocycles. The van der Waals surface area contributed by atoms with Gasteiger partial charge in [-0.15, -0.1) is 0 Å². The largest absolute Gasteiger partial charge is 0.373 e. The molecule has 2 rings (SSSR count). The fourth-order valence-corrected chi connectivity index (χ4v) is 3.19. The molecule has 2 aliphatic rings. The molecule has 100 valence electrons. The van der Waals surface area contributed by atoms with Gasteiger partial charge in [0.2, 0.25) is 0 Å². The highest BCUT2D eigenvalue weighted by atomic mass is 16.5. The molecule has 17 heavy (non-hydrogen) atoms. The van der Waals surface area contributed by atoms with Gasteiger partial charge >= 0.3 is 0 Å². The van der Waals surface area contributed by atoms with E-state index in [2.05, 4.69) is 31.0 Å². The first-order valence-corrected chi connectivity index (χ1v) is 7.19. The Kier molecular flexibility index (Phi) is 4.45. The zero-order valence-electron chi connectivity index (χ0n) is 11.7. The van der Waals surface area contributed by atoms with Crippen LogP contribution in [-0.4, -0.2) is 49.3 Å². The molecule has 0 amide bonds. The number of nitrogens with zero attached hydrogens (tertiary/aromatic N) is 1.